The minimum atomic E-state index is -0.947. The van der Waals surface area contributed by atoms with Gasteiger partial charge in [-0.15, -0.1) is 0 Å². The van der Waals surface area contributed by atoms with Gasteiger partial charge in [-0.05, 0) is 41.8 Å². The fraction of sp³-hybridized carbons (Fsp3) is 0.278. The number of hydrogen-bond donors (Lipinski definition) is 2. The number of aliphatic hydroxyl groups is 1. The molecule has 3 nitrogen and oxygen atoms in total. The second kappa shape index (κ2) is 7.43. The Bertz CT molecular complexity index is 620. The molecule has 1 unspecified atom stereocenters. The number of hydrogen-bond acceptors (Lipinski definition) is 2. The van der Waals surface area contributed by atoms with Gasteiger partial charge in [-0.1, -0.05) is 49.2 Å². The van der Waals surface area contributed by atoms with E-state index in [1.54, 1.807) is 36.4 Å². The molecule has 0 aliphatic rings. The zero-order valence-electron chi connectivity index (χ0n) is 12.4. The van der Waals surface area contributed by atoms with Crippen molar-refractivity contribution in [3.8, 4) is 0 Å². The van der Waals surface area contributed by atoms with E-state index in [4.69, 9.17) is 16.7 Å². The lowest BCUT2D eigenvalue weighted by Crippen LogP contribution is -2.11. The van der Waals surface area contributed by atoms with E-state index in [0.717, 1.165) is 24.0 Å². The van der Waals surface area contributed by atoms with E-state index in [0.29, 0.717) is 5.02 Å². The van der Waals surface area contributed by atoms with Crippen molar-refractivity contribution in [3.05, 3.63) is 70.2 Å². The van der Waals surface area contributed by atoms with Gasteiger partial charge >= 0.3 is 5.97 Å². The van der Waals surface area contributed by atoms with Crippen molar-refractivity contribution >= 4 is 17.6 Å². The van der Waals surface area contributed by atoms with Crippen LogP contribution in [0, 0.1) is 0 Å². The number of halogens is 1. The first-order chi connectivity index (χ1) is 10.5. The highest BCUT2D eigenvalue weighted by Gasteiger charge is 2.22. The fourth-order valence-corrected chi connectivity index (χ4v) is 2.71. The highest BCUT2D eigenvalue weighted by molar-refractivity contribution is 6.30. The maximum absolute atomic E-state index is 10.9. The summed E-state index contributed by atoms with van der Waals surface area (Å²) in [6.45, 7) is 2.06. The van der Waals surface area contributed by atoms with Gasteiger partial charge in [0.05, 0.1) is 11.7 Å². The van der Waals surface area contributed by atoms with E-state index >= 15 is 0 Å². The van der Waals surface area contributed by atoms with Gasteiger partial charge < -0.3 is 10.2 Å². The first kappa shape index (κ1) is 16.5. The number of aliphatic hydroxyl groups excluding tert-OH is 1. The average molecular weight is 319 g/mol. The predicted octanol–water partition coefficient (Wildman–Crippen LogP) is 4.66. The monoisotopic (exact) mass is 318 g/mol. The molecule has 0 bridgehead atoms. The highest BCUT2D eigenvalue weighted by Crippen LogP contribution is 2.35. The van der Waals surface area contributed by atoms with Gasteiger partial charge in [0.15, 0.2) is 0 Å². The van der Waals surface area contributed by atoms with E-state index < -0.39 is 12.1 Å². The van der Waals surface area contributed by atoms with Gasteiger partial charge in [-0.25, -0.2) is 4.79 Å². The summed E-state index contributed by atoms with van der Waals surface area (Å²) < 4.78 is 0. The van der Waals surface area contributed by atoms with Crippen LogP contribution in [0.25, 0.3) is 0 Å². The second-order valence-corrected chi connectivity index (χ2v) is 5.76. The number of carboxylic acids is 1. The Balaban J connectivity index is 2.28. The molecule has 0 fully saturated rings. The van der Waals surface area contributed by atoms with Crippen molar-refractivity contribution in [2.24, 2.45) is 0 Å². The minimum Gasteiger partial charge on any atom is -0.478 e. The molecule has 2 N–H and O–H groups in total. The smallest absolute Gasteiger partial charge is 0.335 e. The van der Waals surface area contributed by atoms with E-state index in [1.165, 1.54) is 0 Å². The van der Waals surface area contributed by atoms with Crippen molar-refractivity contribution < 1.29 is 15.0 Å². The van der Waals surface area contributed by atoms with Crippen molar-refractivity contribution in [2.75, 3.05) is 0 Å². The van der Waals surface area contributed by atoms with Crippen LogP contribution in [0.5, 0.6) is 0 Å². The SMILES string of the molecule is CCC[C@H](c1ccc(C(=O)O)cc1)C(O)c1ccc(Cl)cc1. The van der Waals surface area contributed by atoms with Crippen LogP contribution >= 0.6 is 11.6 Å². The van der Waals surface area contributed by atoms with Crippen molar-refractivity contribution in [3.63, 3.8) is 0 Å². The molecule has 0 amide bonds. The largest absolute Gasteiger partial charge is 0.478 e. The van der Waals surface area contributed by atoms with Crippen LogP contribution in [-0.4, -0.2) is 16.2 Å². The van der Waals surface area contributed by atoms with E-state index in [1.807, 2.05) is 12.1 Å². The normalized spacial score (nSPS) is 13.6. The van der Waals surface area contributed by atoms with Gasteiger partial charge in [-0.2, -0.15) is 0 Å². The number of carbonyl (C=O) groups is 1. The topological polar surface area (TPSA) is 57.5 Å². The van der Waals surface area contributed by atoms with Crippen molar-refractivity contribution in [2.45, 2.75) is 31.8 Å². The molecule has 2 aromatic rings. The zero-order valence-corrected chi connectivity index (χ0v) is 13.1. The lowest BCUT2D eigenvalue weighted by Gasteiger charge is -2.23. The molecule has 0 saturated heterocycles. The molecule has 116 valence electrons. The third-order valence-corrected chi connectivity index (χ3v) is 4.03. The van der Waals surface area contributed by atoms with Crippen LogP contribution in [0.4, 0.5) is 0 Å². The summed E-state index contributed by atoms with van der Waals surface area (Å²) in [6.07, 6.45) is 1.10. The molecule has 0 radical (unpaired) electrons. The Labute approximate surface area is 135 Å². The van der Waals surface area contributed by atoms with Crippen LogP contribution in [0.1, 0.15) is 53.3 Å². The van der Waals surface area contributed by atoms with Crippen molar-refractivity contribution in [1.82, 2.24) is 0 Å². The third kappa shape index (κ3) is 3.87. The Kier molecular flexibility index (Phi) is 5.58. The Morgan fingerprint density at radius 1 is 1.05 bits per heavy atom. The van der Waals surface area contributed by atoms with E-state index in [-0.39, 0.29) is 11.5 Å². The van der Waals surface area contributed by atoms with Crippen LogP contribution in [0.2, 0.25) is 5.02 Å². The van der Waals surface area contributed by atoms with Crippen LogP contribution in [0.3, 0.4) is 0 Å². The number of carboxylic acid groups (broad SMARTS) is 1. The molecule has 0 saturated carbocycles. The zero-order chi connectivity index (χ0) is 16.1. The van der Waals surface area contributed by atoms with Crippen LogP contribution < -0.4 is 0 Å². The summed E-state index contributed by atoms with van der Waals surface area (Å²) in [5.41, 5.74) is 2.00. The molecule has 0 spiro atoms. The molecule has 4 heteroatoms. The molecule has 2 atom stereocenters. The van der Waals surface area contributed by atoms with Crippen LogP contribution in [0.15, 0.2) is 48.5 Å². The standard InChI is InChI=1S/C18H19ClO3/c1-2-3-16(12-4-6-14(7-5-12)18(21)22)17(20)13-8-10-15(19)11-9-13/h4-11,16-17,20H,2-3H2,1H3,(H,21,22)/t16-,17?/m1/s1. The summed E-state index contributed by atoms with van der Waals surface area (Å²) in [6, 6.07) is 13.9. The minimum absolute atomic E-state index is 0.0750. The summed E-state index contributed by atoms with van der Waals surface area (Å²) >= 11 is 5.88. The lowest BCUT2D eigenvalue weighted by atomic mass is 9.85. The van der Waals surface area contributed by atoms with Gasteiger partial charge in [0.25, 0.3) is 0 Å². The summed E-state index contributed by atoms with van der Waals surface area (Å²) in [5, 5.41) is 20.3. The first-order valence-corrected chi connectivity index (χ1v) is 7.67. The quantitative estimate of drug-likeness (QED) is 0.814. The lowest BCUT2D eigenvalue weighted by molar-refractivity contribution is 0.0697. The Hall–Kier alpha value is -1.84. The number of rotatable bonds is 6. The Morgan fingerprint density at radius 2 is 1.59 bits per heavy atom. The molecular weight excluding hydrogens is 300 g/mol. The van der Waals surface area contributed by atoms with Crippen LogP contribution in [-0.2, 0) is 0 Å². The fourth-order valence-electron chi connectivity index (χ4n) is 2.58. The van der Waals surface area contributed by atoms with Gasteiger partial charge in [0.2, 0.25) is 0 Å². The summed E-state index contributed by atoms with van der Waals surface area (Å²) in [4.78, 5) is 10.9. The average Bonchev–Trinajstić information content (AvgIpc) is 2.53. The second-order valence-electron chi connectivity index (χ2n) is 5.32. The molecule has 0 aliphatic heterocycles. The first-order valence-electron chi connectivity index (χ1n) is 7.29. The molecule has 0 heterocycles. The van der Waals surface area contributed by atoms with Gasteiger partial charge in [0, 0.05) is 10.9 Å². The maximum atomic E-state index is 10.9. The highest BCUT2D eigenvalue weighted by atomic mass is 35.5. The summed E-state index contributed by atoms with van der Waals surface area (Å²) in [7, 11) is 0. The molecule has 22 heavy (non-hydrogen) atoms. The molecule has 2 aromatic carbocycles. The predicted molar refractivity (Wildman–Crippen MR) is 87.5 cm³/mol. The number of aromatic carboxylic acids is 1. The molecule has 0 aromatic heterocycles. The molecular formula is C18H19ClO3. The number of benzene rings is 2. The van der Waals surface area contributed by atoms with E-state index in [2.05, 4.69) is 6.92 Å². The van der Waals surface area contributed by atoms with E-state index in [9.17, 15) is 9.90 Å². The molecule has 0 aliphatic carbocycles. The maximum Gasteiger partial charge on any atom is 0.335 e. The molecule has 2 rings (SSSR count). The summed E-state index contributed by atoms with van der Waals surface area (Å²) in [5.74, 6) is -1.02. The third-order valence-electron chi connectivity index (χ3n) is 3.78. The van der Waals surface area contributed by atoms with Gasteiger partial charge in [-0.3, -0.25) is 0 Å². The van der Waals surface area contributed by atoms with Crippen molar-refractivity contribution in [1.29, 1.82) is 0 Å². The Morgan fingerprint density at radius 3 is 2.09 bits per heavy atom. The van der Waals surface area contributed by atoms with Gasteiger partial charge in [0.1, 0.15) is 0 Å².